The van der Waals surface area contributed by atoms with E-state index in [-0.39, 0.29) is 11.8 Å². The number of hydrogen-bond acceptors (Lipinski definition) is 3. The second-order valence-electron chi connectivity index (χ2n) is 5.44. The summed E-state index contributed by atoms with van der Waals surface area (Å²) in [4.78, 5) is 26.4. The molecular weight excluding hydrogens is 266 g/mol. The minimum absolute atomic E-state index is 0.0136. The van der Waals surface area contributed by atoms with Gasteiger partial charge in [-0.05, 0) is 44.4 Å². The second kappa shape index (κ2) is 7.22. The molecule has 1 fully saturated rings. The molecule has 1 aromatic rings. The van der Waals surface area contributed by atoms with Crippen LogP contribution in [0.1, 0.15) is 41.6 Å². The van der Waals surface area contributed by atoms with E-state index in [2.05, 4.69) is 5.32 Å². The van der Waals surface area contributed by atoms with E-state index in [1.54, 1.807) is 6.07 Å². The number of likely N-dealkylation sites (tertiary alicyclic amines) is 1. The number of aryl methyl sites for hydroxylation is 1. The molecule has 1 saturated heterocycles. The van der Waals surface area contributed by atoms with Gasteiger partial charge < -0.3 is 16.0 Å². The Morgan fingerprint density at radius 1 is 1.29 bits per heavy atom. The van der Waals surface area contributed by atoms with Crippen LogP contribution in [0.2, 0.25) is 0 Å². The molecule has 3 N–H and O–H groups in total. The van der Waals surface area contributed by atoms with E-state index in [1.807, 2.05) is 24.0 Å². The zero-order chi connectivity index (χ0) is 15.2. The Morgan fingerprint density at radius 3 is 2.67 bits per heavy atom. The van der Waals surface area contributed by atoms with E-state index in [0.717, 1.165) is 31.5 Å². The number of hydrogen-bond donors (Lipinski definition) is 2. The first-order chi connectivity index (χ1) is 10.1. The highest BCUT2D eigenvalue weighted by Gasteiger charge is 2.23. The van der Waals surface area contributed by atoms with Gasteiger partial charge in [-0.15, -0.1) is 0 Å². The van der Waals surface area contributed by atoms with Gasteiger partial charge >= 0.3 is 0 Å². The van der Waals surface area contributed by atoms with Crippen LogP contribution in [0.4, 0.5) is 5.69 Å². The molecule has 5 nitrogen and oxygen atoms in total. The molecule has 0 unspecified atom stereocenters. The van der Waals surface area contributed by atoms with Gasteiger partial charge in [0.25, 0.3) is 5.91 Å². The highest BCUT2D eigenvalue weighted by molar-refractivity contribution is 6.04. The summed E-state index contributed by atoms with van der Waals surface area (Å²) in [6, 6.07) is 5.55. The number of carbonyl (C=O) groups is 2. The summed E-state index contributed by atoms with van der Waals surface area (Å²) < 4.78 is 0. The van der Waals surface area contributed by atoms with Crippen LogP contribution in [0, 0.1) is 6.92 Å². The van der Waals surface area contributed by atoms with Crippen molar-refractivity contribution in [1.29, 1.82) is 0 Å². The van der Waals surface area contributed by atoms with Crippen LogP contribution < -0.4 is 11.1 Å². The number of nitrogens with one attached hydrogen (secondary N) is 1. The van der Waals surface area contributed by atoms with Crippen molar-refractivity contribution in [3.05, 3.63) is 29.3 Å². The Kier molecular flexibility index (Phi) is 5.33. The minimum Gasteiger partial charge on any atom is -0.339 e. The fourth-order valence-corrected chi connectivity index (χ4v) is 2.61. The van der Waals surface area contributed by atoms with Crippen LogP contribution in [-0.4, -0.2) is 36.3 Å². The van der Waals surface area contributed by atoms with Gasteiger partial charge in [0.1, 0.15) is 0 Å². The number of carbonyl (C=O) groups excluding carboxylic acids is 2. The van der Waals surface area contributed by atoms with Crippen LogP contribution in [-0.2, 0) is 4.79 Å². The molecule has 114 valence electrons. The molecule has 0 aliphatic carbocycles. The molecule has 2 amide bonds. The number of nitrogens with two attached hydrogens (primary N) is 1. The van der Waals surface area contributed by atoms with Crippen molar-refractivity contribution in [3.8, 4) is 0 Å². The van der Waals surface area contributed by atoms with Crippen LogP contribution in [0.15, 0.2) is 18.2 Å². The maximum absolute atomic E-state index is 12.6. The monoisotopic (exact) mass is 289 g/mol. The highest BCUT2D eigenvalue weighted by atomic mass is 16.2. The van der Waals surface area contributed by atoms with E-state index in [0.29, 0.717) is 30.6 Å². The third kappa shape index (κ3) is 3.82. The van der Waals surface area contributed by atoms with E-state index in [4.69, 9.17) is 5.73 Å². The molecule has 0 saturated carbocycles. The molecule has 5 heteroatoms. The number of benzene rings is 1. The van der Waals surface area contributed by atoms with Gasteiger partial charge in [0.15, 0.2) is 0 Å². The van der Waals surface area contributed by atoms with Crippen molar-refractivity contribution in [3.63, 3.8) is 0 Å². The van der Waals surface area contributed by atoms with E-state index in [9.17, 15) is 9.59 Å². The average Bonchev–Trinajstić information content (AvgIpc) is 2.99. The maximum Gasteiger partial charge on any atom is 0.256 e. The number of rotatable bonds is 5. The van der Waals surface area contributed by atoms with Crippen LogP contribution in [0.25, 0.3) is 0 Å². The number of nitrogens with zero attached hydrogens (tertiary/aromatic N) is 1. The number of anilines is 1. The van der Waals surface area contributed by atoms with Crippen LogP contribution in [0.3, 0.4) is 0 Å². The lowest BCUT2D eigenvalue weighted by molar-refractivity contribution is -0.116. The summed E-state index contributed by atoms with van der Waals surface area (Å²) in [6.07, 6.45) is 3.13. The molecule has 1 aromatic carbocycles. The van der Waals surface area contributed by atoms with E-state index in [1.165, 1.54) is 0 Å². The first kappa shape index (κ1) is 15.5. The lowest BCUT2D eigenvalue weighted by Crippen LogP contribution is -2.29. The Bertz CT molecular complexity index is 522. The van der Waals surface area contributed by atoms with Crippen molar-refractivity contribution >= 4 is 17.5 Å². The van der Waals surface area contributed by atoms with Gasteiger partial charge in [0.2, 0.25) is 5.91 Å². The smallest absolute Gasteiger partial charge is 0.256 e. The summed E-state index contributed by atoms with van der Waals surface area (Å²) in [5.74, 6) is -0.0822. The minimum atomic E-state index is -0.0958. The topological polar surface area (TPSA) is 75.4 Å². The zero-order valence-corrected chi connectivity index (χ0v) is 12.5. The lowest BCUT2D eigenvalue weighted by atomic mass is 10.0. The molecule has 0 spiro atoms. The molecule has 0 atom stereocenters. The van der Waals surface area contributed by atoms with Crippen molar-refractivity contribution in [1.82, 2.24) is 4.90 Å². The van der Waals surface area contributed by atoms with Gasteiger partial charge in [-0.1, -0.05) is 12.1 Å². The van der Waals surface area contributed by atoms with E-state index >= 15 is 0 Å². The Labute approximate surface area is 125 Å². The quantitative estimate of drug-likeness (QED) is 0.869. The van der Waals surface area contributed by atoms with Gasteiger partial charge in [-0.25, -0.2) is 0 Å². The third-order valence-electron chi connectivity index (χ3n) is 3.76. The Hall–Kier alpha value is -1.88. The number of amides is 2. The molecule has 2 rings (SSSR count). The fraction of sp³-hybridized carbons (Fsp3) is 0.500. The molecule has 1 aliphatic rings. The Balaban J connectivity index is 2.19. The standard InChI is InChI=1S/C16H23N3O2/c1-12-6-4-7-13(18-14(20)8-5-9-17)15(12)16(21)19-10-2-3-11-19/h4,6-7H,2-3,5,8-11,17H2,1H3,(H,18,20). The molecule has 1 heterocycles. The molecule has 0 radical (unpaired) electrons. The SMILES string of the molecule is Cc1cccc(NC(=O)CCCN)c1C(=O)N1CCCC1. The van der Waals surface area contributed by atoms with Gasteiger partial charge in [-0.2, -0.15) is 0 Å². The molecule has 1 aliphatic heterocycles. The summed E-state index contributed by atoms with van der Waals surface area (Å²) in [5, 5.41) is 2.85. The van der Waals surface area contributed by atoms with Crippen molar-refractivity contribution in [2.24, 2.45) is 5.73 Å². The lowest BCUT2D eigenvalue weighted by Gasteiger charge is -2.19. The zero-order valence-electron chi connectivity index (χ0n) is 12.5. The molecule has 21 heavy (non-hydrogen) atoms. The van der Waals surface area contributed by atoms with Crippen LogP contribution in [0.5, 0.6) is 0 Å². The highest BCUT2D eigenvalue weighted by Crippen LogP contribution is 2.23. The first-order valence-electron chi connectivity index (χ1n) is 7.52. The normalized spacial score (nSPS) is 14.3. The summed E-state index contributed by atoms with van der Waals surface area (Å²) >= 11 is 0. The average molecular weight is 289 g/mol. The van der Waals surface area contributed by atoms with Crippen LogP contribution >= 0.6 is 0 Å². The predicted molar refractivity (Wildman–Crippen MR) is 83.2 cm³/mol. The molecule has 0 aromatic heterocycles. The largest absolute Gasteiger partial charge is 0.339 e. The van der Waals surface area contributed by atoms with Crippen molar-refractivity contribution in [2.45, 2.75) is 32.6 Å². The van der Waals surface area contributed by atoms with Gasteiger partial charge in [0.05, 0.1) is 11.3 Å². The van der Waals surface area contributed by atoms with Crippen molar-refractivity contribution in [2.75, 3.05) is 25.0 Å². The summed E-state index contributed by atoms with van der Waals surface area (Å²) in [7, 11) is 0. The maximum atomic E-state index is 12.6. The fourth-order valence-electron chi connectivity index (χ4n) is 2.61. The Morgan fingerprint density at radius 2 is 2.00 bits per heavy atom. The van der Waals surface area contributed by atoms with E-state index < -0.39 is 0 Å². The van der Waals surface area contributed by atoms with Crippen molar-refractivity contribution < 1.29 is 9.59 Å². The third-order valence-corrected chi connectivity index (χ3v) is 3.76. The second-order valence-corrected chi connectivity index (χ2v) is 5.44. The molecular formula is C16H23N3O2. The predicted octanol–water partition coefficient (Wildman–Crippen LogP) is 1.91. The summed E-state index contributed by atoms with van der Waals surface area (Å²) in [6.45, 7) is 3.99. The summed E-state index contributed by atoms with van der Waals surface area (Å²) in [5.41, 5.74) is 7.52. The van der Waals surface area contributed by atoms with Gasteiger partial charge in [0, 0.05) is 19.5 Å². The first-order valence-corrected chi connectivity index (χ1v) is 7.52. The molecule has 0 bridgehead atoms. The van der Waals surface area contributed by atoms with Gasteiger partial charge in [-0.3, -0.25) is 9.59 Å².